The molecule has 162 valence electrons. The van der Waals surface area contributed by atoms with Gasteiger partial charge in [-0.15, -0.1) is 16.4 Å². The molecule has 1 fully saturated rings. The lowest BCUT2D eigenvalue weighted by Crippen LogP contribution is -2.36. The number of nitrogens with zero attached hydrogens (tertiary/aromatic N) is 5. The molecule has 0 unspecified atom stereocenters. The number of aromatic amines is 1. The second-order valence-corrected chi connectivity index (χ2v) is 8.50. The molecular formula is C23H22N6O2S. The molecule has 0 bridgehead atoms. The Labute approximate surface area is 188 Å². The van der Waals surface area contributed by atoms with Gasteiger partial charge in [-0.25, -0.2) is 0 Å². The van der Waals surface area contributed by atoms with Crippen molar-refractivity contribution in [3.63, 3.8) is 0 Å². The summed E-state index contributed by atoms with van der Waals surface area (Å²) in [6.07, 6.45) is 0.806. The van der Waals surface area contributed by atoms with Crippen LogP contribution in [-0.2, 0) is 0 Å². The van der Waals surface area contributed by atoms with Crippen LogP contribution in [0.5, 0.6) is 0 Å². The zero-order valence-corrected chi connectivity index (χ0v) is 18.2. The van der Waals surface area contributed by atoms with E-state index in [9.17, 15) is 9.59 Å². The smallest absolute Gasteiger partial charge is 0.274 e. The van der Waals surface area contributed by atoms with Crippen LogP contribution in [0, 0.1) is 0 Å². The van der Waals surface area contributed by atoms with Gasteiger partial charge < -0.3 is 9.80 Å². The minimum Gasteiger partial charge on any atom is -0.353 e. The van der Waals surface area contributed by atoms with Crippen LogP contribution in [-0.4, -0.2) is 57.0 Å². The van der Waals surface area contributed by atoms with E-state index in [-0.39, 0.29) is 11.5 Å². The number of H-pyrrole nitrogens is 1. The summed E-state index contributed by atoms with van der Waals surface area (Å²) in [4.78, 5) is 30.4. The molecule has 0 saturated carbocycles. The van der Waals surface area contributed by atoms with E-state index in [0.717, 1.165) is 35.0 Å². The van der Waals surface area contributed by atoms with Crippen molar-refractivity contribution in [1.82, 2.24) is 24.9 Å². The zero-order chi connectivity index (χ0) is 21.9. The average molecular weight is 447 g/mol. The zero-order valence-electron chi connectivity index (χ0n) is 17.3. The highest BCUT2D eigenvalue weighted by Gasteiger charge is 2.23. The maximum absolute atomic E-state index is 13.0. The lowest BCUT2D eigenvalue weighted by Gasteiger charge is -2.22. The maximum atomic E-state index is 13.0. The van der Waals surface area contributed by atoms with Crippen molar-refractivity contribution < 1.29 is 4.79 Å². The molecule has 1 aliphatic rings. The molecule has 0 spiro atoms. The Morgan fingerprint density at radius 1 is 0.969 bits per heavy atom. The molecule has 0 aliphatic carbocycles. The summed E-state index contributed by atoms with van der Waals surface area (Å²) in [6, 6.07) is 18.5. The summed E-state index contributed by atoms with van der Waals surface area (Å²) in [5.41, 5.74) is 1.84. The standard InChI is InChI=1S/C23H22N6O2S/c30-22-10-9-21(26-29(22)17-6-2-1-3-7-17)27-11-5-12-28(14-13-27)23(31)19-16-18(24-25-19)20-8-4-15-32-20/h1-4,6-10,15-16H,5,11-14H2,(H,24,25). The number of nitrogens with one attached hydrogen (secondary N) is 1. The molecule has 1 aromatic carbocycles. The lowest BCUT2D eigenvalue weighted by atomic mass is 10.3. The van der Waals surface area contributed by atoms with Crippen LogP contribution in [0.2, 0.25) is 0 Å². The molecule has 4 aromatic rings. The molecule has 32 heavy (non-hydrogen) atoms. The molecule has 1 N–H and O–H groups in total. The maximum Gasteiger partial charge on any atom is 0.274 e. The van der Waals surface area contributed by atoms with Crippen LogP contribution in [0.15, 0.2) is 70.8 Å². The van der Waals surface area contributed by atoms with Gasteiger partial charge in [0.15, 0.2) is 5.69 Å². The van der Waals surface area contributed by atoms with Gasteiger partial charge >= 0.3 is 0 Å². The molecular weight excluding hydrogens is 424 g/mol. The predicted octanol–water partition coefficient (Wildman–Crippen LogP) is 3.04. The molecule has 9 heteroatoms. The molecule has 5 rings (SSSR count). The Kier molecular flexibility index (Phi) is 5.55. The number of hydrogen-bond donors (Lipinski definition) is 1. The molecule has 1 saturated heterocycles. The highest BCUT2D eigenvalue weighted by atomic mass is 32.1. The van der Waals surface area contributed by atoms with E-state index in [1.807, 2.05) is 58.8 Å². The summed E-state index contributed by atoms with van der Waals surface area (Å²) in [5, 5.41) is 13.8. The average Bonchev–Trinajstić information content (AvgIpc) is 3.47. The van der Waals surface area contributed by atoms with Gasteiger partial charge in [0.05, 0.1) is 16.3 Å². The summed E-state index contributed by atoms with van der Waals surface area (Å²) < 4.78 is 1.42. The van der Waals surface area contributed by atoms with E-state index in [0.29, 0.717) is 25.3 Å². The van der Waals surface area contributed by atoms with Gasteiger partial charge in [0, 0.05) is 32.2 Å². The van der Waals surface area contributed by atoms with Crippen molar-refractivity contribution in [2.75, 3.05) is 31.1 Å². The Balaban J connectivity index is 1.30. The second-order valence-electron chi connectivity index (χ2n) is 7.55. The first-order valence-electron chi connectivity index (χ1n) is 10.5. The van der Waals surface area contributed by atoms with Crippen LogP contribution in [0.4, 0.5) is 5.82 Å². The fourth-order valence-corrected chi connectivity index (χ4v) is 4.52. The van der Waals surface area contributed by atoms with Crippen molar-refractivity contribution in [2.45, 2.75) is 6.42 Å². The monoisotopic (exact) mass is 446 g/mol. The van der Waals surface area contributed by atoms with Gasteiger partial charge in [-0.2, -0.15) is 9.78 Å². The van der Waals surface area contributed by atoms with Gasteiger partial charge in [-0.05, 0) is 42.1 Å². The number of carbonyl (C=O) groups is 1. The van der Waals surface area contributed by atoms with Crippen LogP contribution in [0.25, 0.3) is 16.3 Å². The van der Waals surface area contributed by atoms with Crippen molar-refractivity contribution in [2.24, 2.45) is 0 Å². The fourth-order valence-electron chi connectivity index (χ4n) is 3.83. The molecule has 0 atom stereocenters. The van der Waals surface area contributed by atoms with Gasteiger partial charge in [0.25, 0.3) is 11.5 Å². The van der Waals surface area contributed by atoms with Gasteiger partial charge in [0.2, 0.25) is 0 Å². The topological polar surface area (TPSA) is 87.1 Å². The highest BCUT2D eigenvalue weighted by Crippen LogP contribution is 2.23. The first kappa shape index (κ1) is 20.2. The fraction of sp³-hybridized carbons (Fsp3) is 0.217. The minimum atomic E-state index is -0.174. The number of carbonyl (C=O) groups excluding carboxylic acids is 1. The number of para-hydroxylation sites is 1. The van der Waals surface area contributed by atoms with Crippen molar-refractivity contribution in [3.05, 3.63) is 82.1 Å². The Morgan fingerprint density at radius 2 is 1.84 bits per heavy atom. The number of amides is 1. The van der Waals surface area contributed by atoms with E-state index in [4.69, 9.17) is 0 Å². The molecule has 3 aromatic heterocycles. The summed E-state index contributed by atoms with van der Waals surface area (Å²) in [7, 11) is 0. The lowest BCUT2D eigenvalue weighted by molar-refractivity contribution is 0.0761. The molecule has 8 nitrogen and oxygen atoms in total. The SMILES string of the molecule is O=C(c1cc(-c2cccs2)[nH]n1)N1CCCN(c2ccc(=O)n(-c3ccccc3)n2)CC1. The van der Waals surface area contributed by atoms with E-state index in [1.54, 1.807) is 23.5 Å². The molecule has 1 amide bonds. The Hall–Kier alpha value is -3.72. The van der Waals surface area contributed by atoms with E-state index in [2.05, 4.69) is 20.2 Å². The van der Waals surface area contributed by atoms with E-state index in [1.165, 1.54) is 4.68 Å². The first-order valence-corrected chi connectivity index (χ1v) is 11.4. The number of rotatable bonds is 4. The quantitative estimate of drug-likeness (QED) is 0.521. The number of anilines is 1. The normalized spacial score (nSPS) is 14.4. The largest absolute Gasteiger partial charge is 0.353 e. The Morgan fingerprint density at radius 3 is 2.66 bits per heavy atom. The summed E-state index contributed by atoms with van der Waals surface area (Å²) in [6.45, 7) is 2.60. The van der Waals surface area contributed by atoms with Crippen LogP contribution in [0.3, 0.4) is 0 Å². The van der Waals surface area contributed by atoms with Crippen LogP contribution >= 0.6 is 11.3 Å². The first-order chi connectivity index (χ1) is 15.7. The summed E-state index contributed by atoms with van der Waals surface area (Å²) in [5.74, 6) is 0.649. The van der Waals surface area contributed by atoms with Crippen molar-refractivity contribution in [1.29, 1.82) is 0 Å². The molecule has 1 aliphatic heterocycles. The van der Waals surface area contributed by atoms with E-state index < -0.39 is 0 Å². The minimum absolute atomic E-state index is 0.0758. The summed E-state index contributed by atoms with van der Waals surface area (Å²) >= 11 is 1.60. The van der Waals surface area contributed by atoms with Gasteiger partial charge in [-0.3, -0.25) is 14.7 Å². The third-order valence-corrected chi connectivity index (χ3v) is 6.38. The predicted molar refractivity (Wildman–Crippen MR) is 124 cm³/mol. The number of benzene rings is 1. The highest BCUT2D eigenvalue weighted by molar-refractivity contribution is 7.13. The number of thiophene rings is 1. The van der Waals surface area contributed by atoms with Crippen molar-refractivity contribution in [3.8, 4) is 16.3 Å². The molecule has 0 radical (unpaired) electrons. The van der Waals surface area contributed by atoms with Crippen LogP contribution in [0.1, 0.15) is 16.9 Å². The number of aromatic nitrogens is 4. The van der Waals surface area contributed by atoms with Gasteiger partial charge in [0.1, 0.15) is 5.82 Å². The molecule has 4 heterocycles. The second kappa shape index (κ2) is 8.80. The number of hydrogen-bond acceptors (Lipinski definition) is 6. The third-order valence-electron chi connectivity index (χ3n) is 5.48. The van der Waals surface area contributed by atoms with E-state index >= 15 is 0 Å². The van der Waals surface area contributed by atoms with Gasteiger partial charge in [-0.1, -0.05) is 24.3 Å². The third kappa shape index (κ3) is 4.06. The van der Waals surface area contributed by atoms with Crippen molar-refractivity contribution >= 4 is 23.1 Å². The Bertz CT molecular complexity index is 1270. The van der Waals surface area contributed by atoms with Crippen LogP contribution < -0.4 is 10.5 Å².